The highest BCUT2D eigenvalue weighted by molar-refractivity contribution is 7.85. The molecule has 0 fully saturated rings. The normalized spacial score (nSPS) is 11.8. The van der Waals surface area contributed by atoms with E-state index in [1.54, 1.807) is 24.3 Å². The number of azo groups is 1. The Balaban J connectivity index is 2.38. The van der Waals surface area contributed by atoms with Crippen LogP contribution in [-0.2, 0) is 10.1 Å². The molecule has 0 aliphatic heterocycles. The van der Waals surface area contributed by atoms with Gasteiger partial charge in [-0.1, -0.05) is 18.2 Å². The Labute approximate surface area is 109 Å². The summed E-state index contributed by atoms with van der Waals surface area (Å²) in [6.45, 7) is 0. The molecule has 0 amide bonds. The quantitative estimate of drug-likeness (QED) is 0.665. The average molecular weight is 278 g/mol. The summed E-state index contributed by atoms with van der Waals surface area (Å²) in [5, 5.41) is 17.1. The summed E-state index contributed by atoms with van der Waals surface area (Å²) in [7, 11) is -4.34. The molecule has 0 aromatic heterocycles. The highest BCUT2D eigenvalue weighted by Gasteiger charge is 2.12. The lowest BCUT2D eigenvalue weighted by Crippen LogP contribution is -1.96. The first-order valence-corrected chi connectivity index (χ1v) is 6.68. The highest BCUT2D eigenvalue weighted by atomic mass is 32.2. The monoisotopic (exact) mass is 278 g/mol. The van der Waals surface area contributed by atoms with E-state index in [9.17, 15) is 13.5 Å². The zero-order chi connectivity index (χ0) is 13.9. The van der Waals surface area contributed by atoms with Gasteiger partial charge >= 0.3 is 0 Å². The predicted molar refractivity (Wildman–Crippen MR) is 68.5 cm³/mol. The minimum Gasteiger partial charge on any atom is -0.506 e. The van der Waals surface area contributed by atoms with Crippen LogP contribution in [0.3, 0.4) is 0 Å². The minimum atomic E-state index is -4.34. The topological polar surface area (TPSA) is 99.3 Å². The van der Waals surface area contributed by atoms with Gasteiger partial charge in [-0.05, 0) is 30.3 Å². The van der Waals surface area contributed by atoms with Crippen molar-refractivity contribution in [1.29, 1.82) is 0 Å². The van der Waals surface area contributed by atoms with Gasteiger partial charge in [-0.3, -0.25) is 4.55 Å². The Bertz CT molecular complexity index is 712. The van der Waals surface area contributed by atoms with E-state index in [1.807, 2.05) is 6.07 Å². The molecule has 6 nitrogen and oxygen atoms in total. The first-order valence-electron chi connectivity index (χ1n) is 5.24. The van der Waals surface area contributed by atoms with Crippen molar-refractivity contribution in [2.24, 2.45) is 10.2 Å². The first-order chi connectivity index (χ1) is 8.97. The van der Waals surface area contributed by atoms with Crippen molar-refractivity contribution < 1.29 is 18.1 Å². The third-order valence-electron chi connectivity index (χ3n) is 2.27. The molecule has 2 aromatic carbocycles. The van der Waals surface area contributed by atoms with Crippen molar-refractivity contribution in [2.75, 3.05) is 0 Å². The number of hydrogen-bond donors (Lipinski definition) is 2. The Kier molecular flexibility index (Phi) is 3.59. The van der Waals surface area contributed by atoms with E-state index in [-0.39, 0.29) is 16.3 Å². The summed E-state index contributed by atoms with van der Waals surface area (Å²) in [6, 6.07) is 12.0. The maximum Gasteiger partial charge on any atom is 0.294 e. The van der Waals surface area contributed by atoms with Crippen LogP contribution < -0.4 is 0 Å². The van der Waals surface area contributed by atoms with Crippen molar-refractivity contribution in [1.82, 2.24) is 0 Å². The Morgan fingerprint density at radius 3 is 2.26 bits per heavy atom. The van der Waals surface area contributed by atoms with Crippen molar-refractivity contribution >= 4 is 21.5 Å². The van der Waals surface area contributed by atoms with E-state index in [0.717, 1.165) is 18.2 Å². The molecule has 0 spiro atoms. The molecule has 0 bridgehead atoms. The van der Waals surface area contributed by atoms with Crippen LogP contribution in [0.15, 0.2) is 63.7 Å². The summed E-state index contributed by atoms with van der Waals surface area (Å²) in [6.07, 6.45) is 0. The molecule has 0 heterocycles. The molecular weight excluding hydrogens is 268 g/mol. The predicted octanol–water partition coefficient (Wildman–Crippen LogP) is 3.05. The summed E-state index contributed by atoms with van der Waals surface area (Å²) >= 11 is 0. The molecule has 2 aromatic rings. The molecule has 0 aliphatic carbocycles. The van der Waals surface area contributed by atoms with Crippen LogP contribution in [0, 0.1) is 0 Å². The number of hydrogen-bond acceptors (Lipinski definition) is 5. The van der Waals surface area contributed by atoms with Gasteiger partial charge in [0.25, 0.3) is 10.1 Å². The van der Waals surface area contributed by atoms with E-state index in [4.69, 9.17) is 4.55 Å². The standard InChI is InChI=1S/C12H10N2O4S/c15-12-7-6-10(19(16,17)18)8-11(12)14-13-9-4-2-1-3-5-9/h1-8,15H,(H,16,17,18). The van der Waals surface area contributed by atoms with Gasteiger partial charge in [0.15, 0.2) is 0 Å². The number of benzene rings is 2. The molecule has 7 heteroatoms. The van der Waals surface area contributed by atoms with Gasteiger partial charge in [0, 0.05) is 0 Å². The number of phenolic OH excluding ortho intramolecular Hbond substituents is 1. The molecule has 2 N–H and O–H groups in total. The molecule has 0 saturated carbocycles. The Morgan fingerprint density at radius 1 is 0.947 bits per heavy atom. The van der Waals surface area contributed by atoms with Crippen LogP contribution in [0.4, 0.5) is 11.4 Å². The zero-order valence-corrected chi connectivity index (χ0v) is 10.4. The largest absolute Gasteiger partial charge is 0.506 e. The summed E-state index contributed by atoms with van der Waals surface area (Å²) in [5.41, 5.74) is 0.512. The Morgan fingerprint density at radius 2 is 1.63 bits per heavy atom. The Hall–Kier alpha value is -2.25. The molecule has 0 saturated heterocycles. The van der Waals surface area contributed by atoms with Gasteiger partial charge in [-0.25, -0.2) is 0 Å². The zero-order valence-electron chi connectivity index (χ0n) is 9.63. The van der Waals surface area contributed by atoms with E-state index < -0.39 is 10.1 Å². The van der Waals surface area contributed by atoms with Gasteiger partial charge in [0.1, 0.15) is 11.4 Å². The second-order valence-corrected chi connectivity index (χ2v) is 5.08. The van der Waals surface area contributed by atoms with E-state index in [1.165, 1.54) is 0 Å². The number of rotatable bonds is 3. The summed E-state index contributed by atoms with van der Waals surface area (Å²) in [4.78, 5) is -0.354. The smallest absolute Gasteiger partial charge is 0.294 e. The second-order valence-electron chi connectivity index (χ2n) is 3.66. The maximum atomic E-state index is 11.0. The van der Waals surface area contributed by atoms with Crippen LogP contribution in [0.25, 0.3) is 0 Å². The molecule has 0 radical (unpaired) electrons. The number of nitrogens with zero attached hydrogens (tertiary/aromatic N) is 2. The van der Waals surface area contributed by atoms with Gasteiger partial charge in [0.2, 0.25) is 0 Å². The average Bonchev–Trinajstić information content (AvgIpc) is 2.37. The van der Waals surface area contributed by atoms with Crippen LogP contribution in [0.1, 0.15) is 0 Å². The van der Waals surface area contributed by atoms with E-state index >= 15 is 0 Å². The van der Waals surface area contributed by atoms with Crippen LogP contribution in [0.2, 0.25) is 0 Å². The second kappa shape index (κ2) is 5.17. The SMILES string of the molecule is O=S(=O)(O)c1ccc(O)c(N=Nc2ccccc2)c1. The van der Waals surface area contributed by atoms with Crippen LogP contribution in [0.5, 0.6) is 5.75 Å². The molecular formula is C12H10N2O4S. The maximum absolute atomic E-state index is 11.0. The fraction of sp³-hybridized carbons (Fsp3) is 0. The molecule has 0 aliphatic rings. The molecule has 0 unspecified atom stereocenters. The number of aromatic hydroxyl groups is 1. The van der Waals surface area contributed by atoms with Gasteiger partial charge < -0.3 is 5.11 Å². The highest BCUT2D eigenvalue weighted by Crippen LogP contribution is 2.30. The van der Waals surface area contributed by atoms with Crippen molar-refractivity contribution in [3.05, 3.63) is 48.5 Å². The number of phenols is 1. The van der Waals surface area contributed by atoms with Gasteiger partial charge in [-0.2, -0.15) is 13.5 Å². The molecule has 19 heavy (non-hydrogen) atoms. The molecule has 0 atom stereocenters. The lowest BCUT2D eigenvalue weighted by atomic mass is 10.3. The van der Waals surface area contributed by atoms with Crippen molar-refractivity contribution in [3.8, 4) is 5.75 Å². The first kappa shape index (κ1) is 13.2. The lowest BCUT2D eigenvalue weighted by molar-refractivity contribution is 0.473. The van der Waals surface area contributed by atoms with E-state index in [0.29, 0.717) is 5.69 Å². The molecule has 98 valence electrons. The van der Waals surface area contributed by atoms with Crippen molar-refractivity contribution in [3.63, 3.8) is 0 Å². The van der Waals surface area contributed by atoms with E-state index in [2.05, 4.69) is 10.2 Å². The van der Waals surface area contributed by atoms with Crippen LogP contribution >= 0.6 is 0 Å². The minimum absolute atomic E-state index is 0.0426. The third kappa shape index (κ3) is 3.36. The van der Waals surface area contributed by atoms with Gasteiger partial charge in [0.05, 0.1) is 10.6 Å². The van der Waals surface area contributed by atoms with Crippen molar-refractivity contribution in [2.45, 2.75) is 4.90 Å². The summed E-state index contributed by atoms with van der Waals surface area (Å²) < 4.78 is 30.9. The molecule has 2 rings (SSSR count). The van der Waals surface area contributed by atoms with Gasteiger partial charge in [-0.15, -0.1) is 5.11 Å². The fourth-order valence-electron chi connectivity index (χ4n) is 1.35. The van der Waals surface area contributed by atoms with Crippen LogP contribution in [-0.4, -0.2) is 18.1 Å². The lowest BCUT2D eigenvalue weighted by Gasteiger charge is -2.00. The summed E-state index contributed by atoms with van der Waals surface area (Å²) in [5.74, 6) is -0.230. The fourth-order valence-corrected chi connectivity index (χ4v) is 1.85. The third-order valence-corrected chi connectivity index (χ3v) is 3.12.